The van der Waals surface area contributed by atoms with Gasteiger partial charge in [-0.2, -0.15) is 5.26 Å². The molecule has 0 saturated carbocycles. The van der Waals surface area contributed by atoms with Crippen molar-refractivity contribution in [2.75, 3.05) is 19.5 Å². The van der Waals surface area contributed by atoms with E-state index in [-0.39, 0.29) is 5.56 Å². The Hall–Kier alpha value is -3.31. The van der Waals surface area contributed by atoms with Crippen molar-refractivity contribution in [2.24, 2.45) is 0 Å². The Kier molecular flexibility index (Phi) is 4.91. The van der Waals surface area contributed by atoms with Crippen LogP contribution in [0.2, 0.25) is 0 Å². The van der Waals surface area contributed by atoms with Crippen molar-refractivity contribution in [1.29, 1.82) is 5.26 Å². The quantitative estimate of drug-likeness (QED) is 0.715. The number of hydrogen-bond donors (Lipinski definition) is 2. The number of nitrogens with zero attached hydrogens (tertiary/aromatic N) is 2. The number of benzene rings is 1. The first-order valence-electron chi connectivity index (χ1n) is 7.64. The highest BCUT2D eigenvalue weighted by Crippen LogP contribution is 2.34. The molecule has 0 radical (unpaired) electrons. The molecule has 2 heterocycles. The second-order valence-corrected chi connectivity index (χ2v) is 6.25. The Balaban J connectivity index is 1.92. The maximum Gasteiger partial charge on any atom is 0.266 e. The Morgan fingerprint density at radius 1 is 1.27 bits per heavy atom. The number of anilines is 2. The Morgan fingerprint density at radius 3 is 2.77 bits per heavy atom. The van der Waals surface area contributed by atoms with Gasteiger partial charge in [0.1, 0.15) is 23.1 Å². The third-order valence-corrected chi connectivity index (χ3v) is 4.55. The molecule has 1 aromatic carbocycles. The third kappa shape index (κ3) is 3.38. The second kappa shape index (κ2) is 7.29. The van der Waals surface area contributed by atoms with Gasteiger partial charge in [0.2, 0.25) is 0 Å². The van der Waals surface area contributed by atoms with E-state index >= 15 is 0 Å². The number of rotatable bonds is 5. The number of H-pyrrole nitrogens is 1. The number of aromatic amines is 1. The number of ether oxygens (including phenoxy) is 2. The van der Waals surface area contributed by atoms with E-state index < -0.39 is 5.56 Å². The molecule has 0 aliphatic rings. The number of hydrogen-bond acceptors (Lipinski definition) is 7. The van der Waals surface area contributed by atoms with Crippen LogP contribution in [0.15, 0.2) is 34.4 Å². The minimum absolute atomic E-state index is 0.0601. The second-order valence-electron chi connectivity index (χ2n) is 5.39. The average molecular weight is 368 g/mol. The summed E-state index contributed by atoms with van der Waals surface area (Å²) in [6.07, 6.45) is 0. The van der Waals surface area contributed by atoms with Crippen molar-refractivity contribution in [1.82, 2.24) is 9.97 Å². The van der Waals surface area contributed by atoms with Gasteiger partial charge >= 0.3 is 0 Å². The number of thiazole rings is 1. The Bertz CT molecular complexity index is 1050. The lowest BCUT2D eigenvalue weighted by Crippen LogP contribution is -2.12. The first-order chi connectivity index (χ1) is 12.5. The molecule has 2 N–H and O–H groups in total. The highest BCUT2D eigenvalue weighted by atomic mass is 32.1. The molecule has 0 saturated heterocycles. The lowest BCUT2D eigenvalue weighted by molar-refractivity contribution is 0.395. The predicted molar refractivity (Wildman–Crippen MR) is 100 cm³/mol. The molecule has 3 rings (SSSR count). The van der Waals surface area contributed by atoms with Gasteiger partial charge in [0.25, 0.3) is 5.56 Å². The Morgan fingerprint density at radius 2 is 2.08 bits per heavy atom. The van der Waals surface area contributed by atoms with Crippen molar-refractivity contribution in [2.45, 2.75) is 6.92 Å². The molecular weight excluding hydrogens is 352 g/mol. The van der Waals surface area contributed by atoms with E-state index in [2.05, 4.69) is 15.3 Å². The zero-order valence-electron chi connectivity index (χ0n) is 14.4. The number of methoxy groups -OCH3 is 2. The summed E-state index contributed by atoms with van der Waals surface area (Å²) < 4.78 is 10.6. The molecule has 2 aromatic heterocycles. The molecule has 0 atom stereocenters. The minimum Gasteiger partial charge on any atom is -0.497 e. The molecule has 0 spiro atoms. The van der Waals surface area contributed by atoms with Gasteiger partial charge in [0.05, 0.1) is 25.6 Å². The van der Waals surface area contributed by atoms with Crippen LogP contribution in [0.1, 0.15) is 11.3 Å². The van der Waals surface area contributed by atoms with E-state index in [1.165, 1.54) is 11.3 Å². The SMILES string of the molecule is COc1ccc(Nc2nc(-c3cc(C#N)c(=O)[nH]c3C)cs2)c(OC)c1. The first kappa shape index (κ1) is 17.5. The molecule has 0 aliphatic carbocycles. The van der Waals surface area contributed by atoms with E-state index in [1.54, 1.807) is 33.3 Å². The van der Waals surface area contributed by atoms with Crippen LogP contribution in [0.4, 0.5) is 10.8 Å². The average Bonchev–Trinajstić information content (AvgIpc) is 3.10. The number of aromatic nitrogens is 2. The van der Waals surface area contributed by atoms with Gasteiger partial charge < -0.3 is 19.8 Å². The first-order valence-corrected chi connectivity index (χ1v) is 8.52. The van der Waals surface area contributed by atoms with Crippen LogP contribution in [0.5, 0.6) is 11.5 Å². The largest absolute Gasteiger partial charge is 0.497 e. The van der Waals surface area contributed by atoms with Crippen molar-refractivity contribution >= 4 is 22.2 Å². The van der Waals surface area contributed by atoms with E-state index in [0.29, 0.717) is 33.6 Å². The van der Waals surface area contributed by atoms with Crippen LogP contribution < -0.4 is 20.3 Å². The van der Waals surface area contributed by atoms with Gasteiger partial charge in [-0.15, -0.1) is 11.3 Å². The molecule has 7 nitrogen and oxygen atoms in total. The van der Waals surface area contributed by atoms with Gasteiger partial charge in [-0.05, 0) is 25.1 Å². The van der Waals surface area contributed by atoms with Crippen LogP contribution in [0, 0.1) is 18.3 Å². The molecule has 0 amide bonds. The van der Waals surface area contributed by atoms with Crippen molar-refractivity contribution in [3.8, 4) is 28.8 Å². The predicted octanol–water partition coefficient (Wildman–Crippen LogP) is 3.44. The molecule has 3 aromatic rings. The summed E-state index contributed by atoms with van der Waals surface area (Å²) in [6, 6.07) is 8.90. The van der Waals surface area contributed by atoms with E-state index in [4.69, 9.17) is 14.7 Å². The van der Waals surface area contributed by atoms with E-state index in [0.717, 1.165) is 5.69 Å². The topological polar surface area (TPSA) is 100 Å². The zero-order chi connectivity index (χ0) is 18.7. The van der Waals surface area contributed by atoms with Crippen molar-refractivity contribution < 1.29 is 9.47 Å². The maximum atomic E-state index is 11.7. The normalized spacial score (nSPS) is 10.2. The van der Waals surface area contributed by atoms with Crippen LogP contribution in [-0.2, 0) is 0 Å². The molecule has 8 heteroatoms. The molecule has 26 heavy (non-hydrogen) atoms. The lowest BCUT2D eigenvalue weighted by atomic mass is 10.1. The summed E-state index contributed by atoms with van der Waals surface area (Å²) >= 11 is 1.41. The van der Waals surface area contributed by atoms with Crippen LogP contribution in [-0.4, -0.2) is 24.2 Å². The summed E-state index contributed by atoms with van der Waals surface area (Å²) in [5.41, 5.74) is 2.47. The zero-order valence-corrected chi connectivity index (χ0v) is 15.2. The molecule has 0 bridgehead atoms. The summed E-state index contributed by atoms with van der Waals surface area (Å²) in [5.74, 6) is 1.33. The smallest absolute Gasteiger partial charge is 0.266 e. The minimum atomic E-state index is -0.398. The summed E-state index contributed by atoms with van der Waals surface area (Å²) in [4.78, 5) is 18.9. The number of nitriles is 1. The lowest BCUT2D eigenvalue weighted by Gasteiger charge is -2.10. The maximum absolute atomic E-state index is 11.7. The van der Waals surface area contributed by atoms with Crippen LogP contribution >= 0.6 is 11.3 Å². The molecule has 132 valence electrons. The third-order valence-electron chi connectivity index (χ3n) is 3.79. The summed E-state index contributed by atoms with van der Waals surface area (Å²) in [7, 11) is 3.18. The van der Waals surface area contributed by atoms with Gasteiger partial charge in [0.15, 0.2) is 5.13 Å². The number of nitrogens with one attached hydrogen (secondary N) is 2. The van der Waals surface area contributed by atoms with Crippen LogP contribution in [0.3, 0.4) is 0 Å². The van der Waals surface area contributed by atoms with Gasteiger partial charge in [-0.3, -0.25) is 4.79 Å². The summed E-state index contributed by atoms with van der Waals surface area (Å²) in [6.45, 7) is 1.77. The highest BCUT2D eigenvalue weighted by Gasteiger charge is 2.12. The monoisotopic (exact) mass is 368 g/mol. The standard InChI is InChI=1S/C18H16N4O3S/c1-10-13(6-11(8-19)17(23)20-10)15-9-26-18(22-15)21-14-5-4-12(24-2)7-16(14)25-3/h4-7,9H,1-3H3,(H,20,23)(H,21,22). The highest BCUT2D eigenvalue weighted by molar-refractivity contribution is 7.14. The van der Waals surface area contributed by atoms with Crippen LogP contribution in [0.25, 0.3) is 11.3 Å². The van der Waals surface area contributed by atoms with Gasteiger partial charge in [-0.25, -0.2) is 4.98 Å². The number of aryl methyl sites for hydroxylation is 1. The fourth-order valence-corrected chi connectivity index (χ4v) is 3.17. The van der Waals surface area contributed by atoms with Gasteiger partial charge in [-0.1, -0.05) is 0 Å². The van der Waals surface area contributed by atoms with E-state index in [1.807, 2.05) is 23.6 Å². The van der Waals surface area contributed by atoms with Gasteiger partial charge in [0, 0.05) is 22.7 Å². The van der Waals surface area contributed by atoms with E-state index in [9.17, 15) is 4.79 Å². The molecule has 0 aliphatic heterocycles. The molecular formula is C18H16N4O3S. The fourth-order valence-electron chi connectivity index (χ4n) is 2.44. The Labute approximate surface area is 153 Å². The fraction of sp³-hybridized carbons (Fsp3) is 0.167. The van der Waals surface area contributed by atoms with Crippen molar-refractivity contribution in [3.63, 3.8) is 0 Å². The summed E-state index contributed by atoms with van der Waals surface area (Å²) in [5, 5.41) is 14.8. The van der Waals surface area contributed by atoms with Crippen molar-refractivity contribution in [3.05, 3.63) is 51.3 Å². The number of pyridine rings is 1. The molecule has 0 unspecified atom stereocenters. The molecule has 0 fully saturated rings.